The number of hydrogen-bond acceptors (Lipinski definition) is 8. The fraction of sp³-hybridized carbons (Fsp3) is 0.952. The summed E-state index contributed by atoms with van der Waals surface area (Å²) in [6.07, 6.45) is 1.24. The van der Waals surface area contributed by atoms with Crippen LogP contribution in [0.3, 0.4) is 0 Å². The SMILES string of the molecule is CCOC(C)OC1CCCCC1S(=O)(=O)C(=[N+]=[N-])S(=O)(=O)C1CCCCC1OC(C)OCC. The van der Waals surface area contributed by atoms with Gasteiger partial charge in [-0.25, -0.2) is 16.8 Å². The van der Waals surface area contributed by atoms with Crippen molar-refractivity contribution in [1.82, 2.24) is 0 Å². The number of ether oxygens (including phenoxy) is 4. The predicted molar refractivity (Wildman–Crippen MR) is 123 cm³/mol. The van der Waals surface area contributed by atoms with Crippen molar-refractivity contribution < 1.29 is 40.6 Å². The Hall–Kier alpha value is -0.880. The molecule has 0 radical (unpaired) electrons. The molecule has 0 bridgehead atoms. The van der Waals surface area contributed by atoms with Gasteiger partial charge in [0.2, 0.25) is 0 Å². The van der Waals surface area contributed by atoms with E-state index in [0.717, 1.165) is 12.8 Å². The first-order valence-electron chi connectivity index (χ1n) is 11.8. The number of hydrogen-bond donors (Lipinski definition) is 0. The number of rotatable bonds is 10. The van der Waals surface area contributed by atoms with Crippen LogP contribution in [0.5, 0.6) is 0 Å². The van der Waals surface area contributed by atoms with Gasteiger partial charge in [0, 0.05) is 13.2 Å². The van der Waals surface area contributed by atoms with Crippen LogP contribution in [0.15, 0.2) is 0 Å². The number of sulfone groups is 2. The highest BCUT2D eigenvalue weighted by Crippen LogP contribution is 2.33. The lowest BCUT2D eigenvalue weighted by molar-refractivity contribution is -0.162. The molecule has 6 atom stereocenters. The molecule has 0 aromatic carbocycles. The lowest BCUT2D eigenvalue weighted by Gasteiger charge is -2.33. The van der Waals surface area contributed by atoms with Gasteiger partial charge in [0.25, 0.3) is 19.7 Å². The Morgan fingerprint density at radius 1 is 0.788 bits per heavy atom. The maximum absolute atomic E-state index is 13.5. The van der Waals surface area contributed by atoms with Gasteiger partial charge in [0.05, 0.1) is 12.2 Å². The van der Waals surface area contributed by atoms with Crippen molar-refractivity contribution in [3.05, 3.63) is 5.53 Å². The highest BCUT2D eigenvalue weighted by atomic mass is 32.3. The first kappa shape index (κ1) is 28.4. The van der Waals surface area contributed by atoms with Gasteiger partial charge in [0.15, 0.2) is 12.6 Å². The topological polar surface area (TPSA) is 142 Å². The van der Waals surface area contributed by atoms with Gasteiger partial charge in [-0.1, -0.05) is 25.7 Å². The van der Waals surface area contributed by atoms with Crippen LogP contribution >= 0.6 is 0 Å². The molecule has 6 unspecified atom stereocenters. The quantitative estimate of drug-likeness (QED) is 0.144. The highest BCUT2D eigenvalue weighted by molar-refractivity contribution is 8.31. The second kappa shape index (κ2) is 12.7. The smallest absolute Gasteiger partial charge is 0.359 e. The molecule has 10 nitrogen and oxygen atoms in total. The van der Waals surface area contributed by atoms with Gasteiger partial charge in [-0.2, -0.15) is 0 Å². The van der Waals surface area contributed by atoms with Crippen molar-refractivity contribution in [2.24, 2.45) is 0 Å². The average Bonchev–Trinajstić information content (AvgIpc) is 2.74. The van der Waals surface area contributed by atoms with E-state index in [4.69, 9.17) is 18.9 Å². The van der Waals surface area contributed by atoms with Gasteiger partial charge in [-0.15, -0.1) is 4.79 Å². The summed E-state index contributed by atoms with van der Waals surface area (Å²) in [6.45, 7) is 7.73. The Kier molecular flexibility index (Phi) is 10.9. The first-order chi connectivity index (χ1) is 15.6. The molecule has 0 N–H and O–H groups in total. The van der Waals surface area contributed by atoms with Gasteiger partial charge < -0.3 is 24.5 Å². The van der Waals surface area contributed by atoms with Gasteiger partial charge >= 0.3 is 4.38 Å². The van der Waals surface area contributed by atoms with Gasteiger partial charge in [-0.3, -0.25) is 0 Å². The molecule has 2 saturated carbocycles. The zero-order valence-electron chi connectivity index (χ0n) is 20.0. The van der Waals surface area contributed by atoms with E-state index in [-0.39, 0.29) is 12.8 Å². The van der Waals surface area contributed by atoms with Crippen LogP contribution in [0.2, 0.25) is 0 Å². The summed E-state index contributed by atoms with van der Waals surface area (Å²) in [7, 11) is -9.02. The Morgan fingerprint density at radius 2 is 1.15 bits per heavy atom. The third-order valence-electron chi connectivity index (χ3n) is 6.19. The zero-order valence-corrected chi connectivity index (χ0v) is 21.6. The van der Waals surface area contributed by atoms with E-state index in [0.29, 0.717) is 38.9 Å². The monoisotopic (exact) mass is 510 g/mol. The third kappa shape index (κ3) is 7.06. The summed E-state index contributed by atoms with van der Waals surface area (Å²) in [5.41, 5.74) is 9.66. The van der Waals surface area contributed by atoms with Crippen molar-refractivity contribution in [3.63, 3.8) is 0 Å². The Labute approximate surface area is 197 Å². The molecule has 2 aliphatic carbocycles. The number of nitrogens with zero attached hydrogens (tertiary/aromatic N) is 2. The Bertz CT molecular complexity index is 820. The molecule has 33 heavy (non-hydrogen) atoms. The molecule has 12 heteroatoms. The van der Waals surface area contributed by atoms with Crippen molar-refractivity contribution in [2.75, 3.05) is 13.2 Å². The molecule has 0 aromatic heterocycles. The fourth-order valence-electron chi connectivity index (χ4n) is 4.72. The van der Waals surface area contributed by atoms with Crippen LogP contribution in [0.25, 0.3) is 5.53 Å². The van der Waals surface area contributed by atoms with Crippen molar-refractivity contribution in [3.8, 4) is 0 Å². The van der Waals surface area contributed by atoms with Crippen LogP contribution < -0.4 is 0 Å². The maximum Gasteiger partial charge on any atom is 0.495 e. The normalized spacial score (nSPS) is 28.6. The predicted octanol–water partition coefficient (Wildman–Crippen LogP) is 2.82. The largest absolute Gasteiger partial charge is 0.495 e. The van der Waals surface area contributed by atoms with E-state index in [2.05, 4.69) is 4.79 Å². The molecule has 0 heterocycles. The zero-order chi connectivity index (χ0) is 24.6. The minimum absolute atomic E-state index is 0.215. The first-order valence-corrected chi connectivity index (χ1v) is 14.9. The molecule has 0 amide bonds. The second-order valence-electron chi connectivity index (χ2n) is 8.50. The Balaban J connectivity index is 2.34. The van der Waals surface area contributed by atoms with Gasteiger partial charge in [-0.05, 0) is 53.4 Å². The summed E-state index contributed by atoms with van der Waals surface area (Å²) in [5, 5.41) is -2.28. The van der Waals surface area contributed by atoms with Crippen molar-refractivity contribution >= 4 is 24.1 Å². The second-order valence-corrected chi connectivity index (χ2v) is 12.9. The molecule has 0 aliphatic heterocycles. The van der Waals surface area contributed by atoms with Crippen molar-refractivity contribution in [1.29, 1.82) is 0 Å². The summed E-state index contributed by atoms with van der Waals surface area (Å²) >= 11 is 0. The summed E-state index contributed by atoms with van der Waals surface area (Å²) in [4.78, 5) is 2.85. The molecule has 0 aromatic rings. The van der Waals surface area contributed by atoms with Crippen LogP contribution in [-0.4, -0.2) is 74.5 Å². The molecule has 2 rings (SSSR count). The van der Waals surface area contributed by atoms with E-state index in [1.165, 1.54) is 0 Å². The van der Waals surface area contributed by atoms with Gasteiger partial charge in [0.1, 0.15) is 10.5 Å². The minimum Gasteiger partial charge on any atom is -0.359 e. The highest BCUT2D eigenvalue weighted by Gasteiger charge is 2.54. The lowest BCUT2D eigenvalue weighted by atomic mass is 9.97. The minimum atomic E-state index is -4.51. The lowest BCUT2D eigenvalue weighted by Crippen LogP contribution is -2.50. The van der Waals surface area contributed by atoms with Crippen molar-refractivity contribution in [2.45, 2.75) is 114 Å². The van der Waals surface area contributed by atoms with E-state index in [1.807, 2.05) is 0 Å². The molecule has 2 fully saturated rings. The molecular formula is C21H38N2O8S2. The van der Waals surface area contributed by atoms with Crippen LogP contribution in [0, 0.1) is 0 Å². The fourth-order valence-corrected chi connectivity index (χ4v) is 9.66. The summed E-state index contributed by atoms with van der Waals surface area (Å²) in [5.74, 6) is 0. The van der Waals surface area contributed by atoms with E-state index in [9.17, 15) is 22.4 Å². The average molecular weight is 511 g/mol. The van der Waals surface area contributed by atoms with Crippen LogP contribution in [0.4, 0.5) is 0 Å². The molecule has 192 valence electrons. The van der Waals surface area contributed by atoms with E-state index < -0.39 is 59.3 Å². The van der Waals surface area contributed by atoms with E-state index >= 15 is 0 Å². The van der Waals surface area contributed by atoms with Crippen LogP contribution in [0.1, 0.15) is 79.1 Å². The molecular weight excluding hydrogens is 472 g/mol. The molecule has 0 saturated heterocycles. The maximum atomic E-state index is 13.5. The summed E-state index contributed by atoms with van der Waals surface area (Å²) < 4.78 is 75.3. The standard InChI is InChI=1S/C21H38N2O8S2/c1-5-28-15(3)30-17-11-7-9-13-19(17)32(24,25)21(23-22)33(26,27)20-14-10-8-12-18(20)31-16(4)29-6-2/h15-20H,5-14H2,1-4H3. The molecule has 0 spiro atoms. The van der Waals surface area contributed by atoms with E-state index in [1.54, 1.807) is 27.7 Å². The van der Waals surface area contributed by atoms with Crippen LogP contribution in [-0.2, 0) is 38.6 Å². The molecule has 2 aliphatic rings. The third-order valence-corrected chi connectivity index (χ3v) is 11.4. The Morgan fingerprint density at radius 3 is 1.48 bits per heavy atom. The summed E-state index contributed by atoms with van der Waals surface area (Å²) in [6, 6.07) is 0.